The summed E-state index contributed by atoms with van der Waals surface area (Å²) in [7, 11) is 0. The van der Waals surface area contributed by atoms with E-state index in [0.29, 0.717) is 6.54 Å². The van der Waals surface area contributed by atoms with Crippen LogP contribution in [0.3, 0.4) is 0 Å². The van der Waals surface area contributed by atoms with Gasteiger partial charge in [0.25, 0.3) is 0 Å². The Balaban J connectivity index is 2.39. The maximum atomic E-state index is 11.2. The minimum Gasteiger partial charge on any atom is -0.481 e. The summed E-state index contributed by atoms with van der Waals surface area (Å²) in [4.78, 5) is 21.9. The summed E-state index contributed by atoms with van der Waals surface area (Å²) >= 11 is 0. The fraction of sp³-hybridized carbons (Fsp3) is 0.556. The molecule has 0 saturated carbocycles. The molecule has 0 aliphatic carbocycles. The van der Waals surface area contributed by atoms with Gasteiger partial charge < -0.3 is 20.5 Å². The van der Waals surface area contributed by atoms with Crippen LogP contribution in [0.5, 0.6) is 0 Å². The average molecular weight is 214 g/mol. The Morgan fingerprint density at radius 3 is 2.87 bits per heavy atom. The molecule has 0 aromatic carbocycles. The summed E-state index contributed by atoms with van der Waals surface area (Å²) in [6.07, 6.45) is 1.54. The standard InChI is InChI=1S/C9H14N2O4/c1-2-3-10-9(14)11-7-5-15-4-6(7)8(12)13/h2,6-7H,1,3-5H2,(H,12,13)(H2,10,11,14). The molecule has 3 N–H and O–H groups in total. The average Bonchev–Trinajstić information content (AvgIpc) is 2.62. The first-order valence-electron chi connectivity index (χ1n) is 4.61. The van der Waals surface area contributed by atoms with Gasteiger partial charge in [0.1, 0.15) is 5.92 Å². The van der Waals surface area contributed by atoms with Crippen molar-refractivity contribution in [2.24, 2.45) is 5.92 Å². The first-order chi connectivity index (χ1) is 7.15. The largest absolute Gasteiger partial charge is 0.481 e. The van der Waals surface area contributed by atoms with Crippen molar-refractivity contribution in [2.75, 3.05) is 19.8 Å². The third kappa shape index (κ3) is 3.25. The highest BCUT2D eigenvalue weighted by Gasteiger charge is 2.34. The van der Waals surface area contributed by atoms with Crippen molar-refractivity contribution >= 4 is 12.0 Å². The van der Waals surface area contributed by atoms with Crippen LogP contribution in [0.15, 0.2) is 12.7 Å². The number of carboxylic acids is 1. The number of aliphatic carboxylic acids is 1. The van der Waals surface area contributed by atoms with E-state index in [1.807, 2.05) is 0 Å². The van der Waals surface area contributed by atoms with Crippen LogP contribution < -0.4 is 10.6 Å². The second-order valence-electron chi connectivity index (χ2n) is 3.23. The minimum absolute atomic E-state index is 0.141. The van der Waals surface area contributed by atoms with Crippen LogP contribution in [-0.2, 0) is 9.53 Å². The second kappa shape index (κ2) is 5.35. The van der Waals surface area contributed by atoms with Gasteiger partial charge in [0, 0.05) is 6.54 Å². The molecule has 84 valence electrons. The normalized spacial score (nSPS) is 24.5. The number of carbonyl (C=O) groups is 2. The second-order valence-corrected chi connectivity index (χ2v) is 3.23. The van der Waals surface area contributed by atoms with Crippen molar-refractivity contribution in [3.63, 3.8) is 0 Å². The van der Waals surface area contributed by atoms with Crippen molar-refractivity contribution in [3.05, 3.63) is 12.7 Å². The maximum absolute atomic E-state index is 11.2. The van der Waals surface area contributed by atoms with Crippen LogP contribution in [0.4, 0.5) is 4.79 Å². The van der Waals surface area contributed by atoms with Gasteiger partial charge in [-0.2, -0.15) is 0 Å². The molecule has 0 bridgehead atoms. The van der Waals surface area contributed by atoms with Gasteiger partial charge in [-0.05, 0) is 0 Å². The molecule has 2 unspecified atom stereocenters. The highest BCUT2D eigenvalue weighted by molar-refractivity contribution is 5.77. The molecule has 2 amide bonds. The molecule has 2 atom stereocenters. The Hall–Kier alpha value is -1.56. The lowest BCUT2D eigenvalue weighted by Crippen LogP contribution is -2.47. The Morgan fingerprint density at radius 1 is 1.53 bits per heavy atom. The molecule has 1 heterocycles. The van der Waals surface area contributed by atoms with Gasteiger partial charge in [-0.15, -0.1) is 6.58 Å². The highest BCUT2D eigenvalue weighted by atomic mass is 16.5. The van der Waals surface area contributed by atoms with Gasteiger partial charge in [-0.1, -0.05) is 6.08 Å². The number of amides is 2. The summed E-state index contributed by atoms with van der Waals surface area (Å²) in [5.74, 6) is -1.62. The van der Waals surface area contributed by atoms with Crippen molar-refractivity contribution in [1.29, 1.82) is 0 Å². The Labute approximate surface area is 87.3 Å². The van der Waals surface area contributed by atoms with Crippen LogP contribution in [0.1, 0.15) is 0 Å². The van der Waals surface area contributed by atoms with Gasteiger partial charge in [0.2, 0.25) is 0 Å². The van der Waals surface area contributed by atoms with Gasteiger partial charge in [0.15, 0.2) is 0 Å². The lowest BCUT2D eigenvalue weighted by atomic mass is 10.0. The van der Waals surface area contributed by atoms with E-state index in [0.717, 1.165) is 0 Å². The molecule has 0 aromatic rings. The molecule has 6 heteroatoms. The molecule has 1 rings (SSSR count). The van der Waals surface area contributed by atoms with E-state index in [-0.39, 0.29) is 13.2 Å². The Kier molecular flexibility index (Phi) is 4.11. The molecule has 1 aliphatic rings. The Morgan fingerprint density at radius 2 is 2.27 bits per heavy atom. The molecule has 0 spiro atoms. The molecular weight excluding hydrogens is 200 g/mol. The van der Waals surface area contributed by atoms with Gasteiger partial charge >= 0.3 is 12.0 Å². The zero-order chi connectivity index (χ0) is 11.3. The van der Waals surface area contributed by atoms with Crippen LogP contribution in [-0.4, -0.2) is 42.9 Å². The van der Waals surface area contributed by atoms with E-state index in [1.54, 1.807) is 6.08 Å². The third-order valence-electron chi connectivity index (χ3n) is 2.12. The number of carbonyl (C=O) groups excluding carboxylic acids is 1. The van der Waals surface area contributed by atoms with Crippen LogP contribution >= 0.6 is 0 Å². The summed E-state index contributed by atoms with van der Waals surface area (Å²) < 4.78 is 4.99. The van der Waals surface area contributed by atoms with Crippen LogP contribution in [0.2, 0.25) is 0 Å². The first kappa shape index (κ1) is 11.5. The van der Waals surface area contributed by atoms with Crippen molar-refractivity contribution < 1.29 is 19.4 Å². The molecular formula is C9H14N2O4. The third-order valence-corrected chi connectivity index (χ3v) is 2.12. The van der Waals surface area contributed by atoms with E-state index < -0.39 is 24.0 Å². The van der Waals surface area contributed by atoms with Crippen molar-refractivity contribution in [3.8, 4) is 0 Å². The quantitative estimate of drug-likeness (QED) is 0.554. The first-order valence-corrected chi connectivity index (χ1v) is 4.61. The number of urea groups is 1. The van der Waals surface area contributed by atoms with Gasteiger partial charge in [-0.3, -0.25) is 4.79 Å². The van der Waals surface area contributed by atoms with Crippen LogP contribution in [0.25, 0.3) is 0 Å². The van der Waals surface area contributed by atoms with Gasteiger partial charge in [0.05, 0.1) is 19.3 Å². The zero-order valence-corrected chi connectivity index (χ0v) is 8.23. The summed E-state index contributed by atoms with van der Waals surface area (Å²) in [5, 5.41) is 13.8. The lowest BCUT2D eigenvalue weighted by Gasteiger charge is -2.15. The molecule has 1 saturated heterocycles. The predicted octanol–water partition coefficient (Wildman–Crippen LogP) is -0.429. The molecule has 1 aliphatic heterocycles. The van der Waals surface area contributed by atoms with E-state index in [4.69, 9.17) is 9.84 Å². The topological polar surface area (TPSA) is 87.7 Å². The minimum atomic E-state index is -0.957. The number of hydrogen-bond acceptors (Lipinski definition) is 3. The SMILES string of the molecule is C=CCNC(=O)NC1COCC1C(=O)O. The van der Waals surface area contributed by atoms with Crippen molar-refractivity contribution in [2.45, 2.75) is 6.04 Å². The summed E-state index contributed by atoms with van der Waals surface area (Å²) in [6.45, 7) is 4.17. The predicted molar refractivity (Wildman–Crippen MR) is 52.5 cm³/mol. The highest BCUT2D eigenvalue weighted by Crippen LogP contribution is 2.13. The Bertz CT molecular complexity index is 267. The molecule has 0 aromatic heterocycles. The number of nitrogens with one attached hydrogen (secondary N) is 2. The van der Waals surface area contributed by atoms with E-state index in [1.165, 1.54) is 0 Å². The lowest BCUT2D eigenvalue weighted by molar-refractivity contribution is -0.142. The van der Waals surface area contributed by atoms with Gasteiger partial charge in [-0.25, -0.2) is 4.79 Å². The number of hydrogen-bond donors (Lipinski definition) is 3. The van der Waals surface area contributed by atoms with Crippen molar-refractivity contribution in [1.82, 2.24) is 10.6 Å². The molecule has 0 radical (unpaired) electrons. The monoisotopic (exact) mass is 214 g/mol. The van der Waals surface area contributed by atoms with E-state index in [2.05, 4.69) is 17.2 Å². The number of ether oxygens (including phenoxy) is 1. The molecule has 1 fully saturated rings. The number of carboxylic acid groups (broad SMARTS) is 1. The van der Waals surface area contributed by atoms with E-state index >= 15 is 0 Å². The van der Waals surface area contributed by atoms with E-state index in [9.17, 15) is 9.59 Å². The summed E-state index contributed by atoms with van der Waals surface area (Å²) in [5.41, 5.74) is 0. The fourth-order valence-corrected chi connectivity index (χ4v) is 1.32. The fourth-order valence-electron chi connectivity index (χ4n) is 1.32. The molecule has 6 nitrogen and oxygen atoms in total. The summed E-state index contributed by atoms with van der Waals surface area (Å²) in [6, 6.07) is -0.871. The number of rotatable bonds is 4. The molecule has 15 heavy (non-hydrogen) atoms. The zero-order valence-electron chi connectivity index (χ0n) is 8.23. The maximum Gasteiger partial charge on any atom is 0.315 e. The smallest absolute Gasteiger partial charge is 0.315 e. The van der Waals surface area contributed by atoms with Crippen LogP contribution in [0, 0.1) is 5.92 Å².